The minimum Gasteiger partial charge on any atom is -0.335 e. The second kappa shape index (κ2) is 7.28. The van der Waals surface area contributed by atoms with Gasteiger partial charge in [-0.1, -0.05) is 36.8 Å². The average molecular weight is 300 g/mol. The molecule has 1 aliphatic carbocycles. The van der Waals surface area contributed by atoms with Crippen molar-refractivity contribution in [2.24, 2.45) is 11.8 Å². The SMILES string of the molecule is CC(c1ccccc1)N(CC1CCC1)C(=O)C1CCNCC1. The second-order valence-electron chi connectivity index (χ2n) is 6.90. The standard InChI is InChI=1S/C19H28N2O/c1-15(17-8-3-2-4-9-17)21(14-16-6-5-7-16)19(22)18-10-12-20-13-11-18/h2-4,8-9,15-16,18,20H,5-7,10-14H2,1H3. The summed E-state index contributed by atoms with van der Waals surface area (Å²) in [4.78, 5) is 15.3. The fourth-order valence-electron chi connectivity index (χ4n) is 3.61. The monoisotopic (exact) mass is 300 g/mol. The van der Waals surface area contributed by atoms with Crippen molar-refractivity contribution in [3.63, 3.8) is 0 Å². The summed E-state index contributed by atoms with van der Waals surface area (Å²) in [5, 5.41) is 3.36. The molecule has 3 rings (SSSR count). The van der Waals surface area contributed by atoms with Gasteiger partial charge < -0.3 is 10.2 Å². The molecule has 1 heterocycles. The van der Waals surface area contributed by atoms with E-state index in [2.05, 4.69) is 41.4 Å². The molecule has 1 aliphatic heterocycles. The first-order valence-corrected chi connectivity index (χ1v) is 8.82. The van der Waals surface area contributed by atoms with Crippen LogP contribution in [0.15, 0.2) is 30.3 Å². The fraction of sp³-hybridized carbons (Fsp3) is 0.632. The molecular formula is C19H28N2O. The summed E-state index contributed by atoms with van der Waals surface area (Å²) in [6.45, 7) is 5.09. The van der Waals surface area contributed by atoms with Crippen molar-refractivity contribution in [2.45, 2.75) is 45.1 Å². The number of hydrogen-bond donors (Lipinski definition) is 1. The quantitative estimate of drug-likeness (QED) is 0.904. The molecule has 0 bridgehead atoms. The minimum absolute atomic E-state index is 0.184. The largest absolute Gasteiger partial charge is 0.335 e. The topological polar surface area (TPSA) is 32.3 Å². The van der Waals surface area contributed by atoms with Gasteiger partial charge in [0.15, 0.2) is 0 Å². The maximum absolute atomic E-state index is 13.1. The summed E-state index contributed by atoms with van der Waals surface area (Å²) in [6.07, 6.45) is 5.89. The van der Waals surface area contributed by atoms with E-state index < -0.39 is 0 Å². The highest BCUT2D eigenvalue weighted by Crippen LogP contribution is 2.32. The third-order valence-corrected chi connectivity index (χ3v) is 5.40. The number of amides is 1. The zero-order chi connectivity index (χ0) is 15.4. The van der Waals surface area contributed by atoms with Crippen LogP contribution in [0.25, 0.3) is 0 Å². The molecule has 0 aromatic heterocycles. The van der Waals surface area contributed by atoms with E-state index in [9.17, 15) is 4.79 Å². The van der Waals surface area contributed by atoms with Crippen LogP contribution in [0, 0.1) is 11.8 Å². The Bertz CT molecular complexity index is 477. The molecule has 1 amide bonds. The van der Waals surface area contributed by atoms with Crippen LogP contribution in [0.1, 0.15) is 50.6 Å². The highest BCUT2D eigenvalue weighted by molar-refractivity contribution is 5.79. The van der Waals surface area contributed by atoms with Gasteiger partial charge in [-0.05, 0) is 57.2 Å². The van der Waals surface area contributed by atoms with Crippen LogP contribution < -0.4 is 5.32 Å². The first kappa shape index (κ1) is 15.5. The van der Waals surface area contributed by atoms with Crippen molar-refractivity contribution < 1.29 is 4.79 Å². The Hall–Kier alpha value is -1.35. The molecule has 1 N–H and O–H groups in total. The summed E-state index contributed by atoms with van der Waals surface area (Å²) in [5.41, 5.74) is 1.25. The molecule has 1 saturated heterocycles. The minimum atomic E-state index is 0.184. The van der Waals surface area contributed by atoms with E-state index in [1.807, 2.05) is 6.07 Å². The predicted octanol–water partition coefficient (Wildman–Crippen LogP) is 3.38. The molecule has 1 aromatic carbocycles. The Morgan fingerprint density at radius 1 is 1.18 bits per heavy atom. The molecule has 1 atom stereocenters. The van der Waals surface area contributed by atoms with Crippen LogP contribution in [-0.2, 0) is 4.79 Å². The lowest BCUT2D eigenvalue weighted by Gasteiger charge is -2.39. The van der Waals surface area contributed by atoms with E-state index in [4.69, 9.17) is 0 Å². The Balaban J connectivity index is 1.74. The molecule has 1 unspecified atom stereocenters. The summed E-state index contributed by atoms with van der Waals surface area (Å²) in [5.74, 6) is 1.31. The molecule has 0 radical (unpaired) electrons. The van der Waals surface area contributed by atoms with Gasteiger partial charge in [0.05, 0.1) is 6.04 Å². The Morgan fingerprint density at radius 3 is 2.45 bits per heavy atom. The number of piperidine rings is 1. The first-order valence-electron chi connectivity index (χ1n) is 8.82. The smallest absolute Gasteiger partial charge is 0.226 e. The van der Waals surface area contributed by atoms with Crippen LogP contribution in [-0.4, -0.2) is 30.4 Å². The van der Waals surface area contributed by atoms with Crippen LogP contribution in [0.5, 0.6) is 0 Å². The number of nitrogens with zero attached hydrogens (tertiary/aromatic N) is 1. The molecule has 2 fully saturated rings. The first-order chi connectivity index (χ1) is 10.8. The van der Waals surface area contributed by atoms with Gasteiger partial charge >= 0.3 is 0 Å². The molecule has 0 spiro atoms. The van der Waals surface area contributed by atoms with Gasteiger partial charge in [-0.25, -0.2) is 0 Å². The van der Waals surface area contributed by atoms with E-state index in [1.165, 1.54) is 24.8 Å². The maximum atomic E-state index is 13.1. The van der Waals surface area contributed by atoms with Crippen molar-refractivity contribution in [1.29, 1.82) is 0 Å². The number of hydrogen-bond acceptors (Lipinski definition) is 2. The van der Waals surface area contributed by atoms with Gasteiger partial charge in [0, 0.05) is 12.5 Å². The molecule has 120 valence electrons. The zero-order valence-corrected chi connectivity index (χ0v) is 13.6. The highest BCUT2D eigenvalue weighted by atomic mass is 16.2. The van der Waals surface area contributed by atoms with Crippen LogP contribution >= 0.6 is 0 Å². The molecule has 1 saturated carbocycles. The van der Waals surface area contributed by atoms with Crippen molar-refractivity contribution >= 4 is 5.91 Å². The average Bonchev–Trinajstić information content (AvgIpc) is 2.54. The maximum Gasteiger partial charge on any atom is 0.226 e. The van der Waals surface area contributed by atoms with E-state index in [0.717, 1.165) is 38.4 Å². The third kappa shape index (κ3) is 3.52. The van der Waals surface area contributed by atoms with Gasteiger partial charge in [0.25, 0.3) is 0 Å². The summed E-state index contributed by atoms with van der Waals surface area (Å²) in [7, 11) is 0. The van der Waals surface area contributed by atoms with Gasteiger partial charge in [0.2, 0.25) is 5.91 Å². The zero-order valence-electron chi connectivity index (χ0n) is 13.6. The van der Waals surface area contributed by atoms with Crippen molar-refractivity contribution in [3.8, 4) is 0 Å². The summed E-state index contributed by atoms with van der Waals surface area (Å²) >= 11 is 0. The van der Waals surface area contributed by atoms with Crippen molar-refractivity contribution in [3.05, 3.63) is 35.9 Å². The van der Waals surface area contributed by atoms with E-state index >= 15 is 0 Å². The van der Waals surface area contributed by atoms with E-state index in [-0.39, 0.29) is 12.0 Å². The van der Waals surface area contributed by atoms with E-state index in [1.54, 1.807) is 0 Å². The van der Waals surface area contributed by atoms with Gasteiger partial charge in [0.1, 0.15) is 0 Å². The van der Waals surface area contributed by atoms with E-state index in [0.29, 0.717) is 5.91 Å². The predicted molar refractivity (Wildman–Crippen MR) is 89.5 cm³/mol. The normalized spacial score (nSPS) is 21.1. The number of carbonyl (C=O) groups excluding carboxylic acids is 1. The number of benzene rings is 1. The van der Waals surface area contributed by atoms with Gasteiger partial charge in [-0.15, -0.1) is 0 Å². The molecule has 3 heteroatoms. The molecular weight excluding hydrogens is 272 g/mol. The van der Waals surface area contributed by atoms with Crippen LogP contribution in [0.4, 0.5) is 0 Å². The second-order valence-corrected chi connectivity index (χ2v) is 6.90. The lowest BCUT2D eigenvalue weighted by atomic mass is 9.84. The van der Waals surface area contributed by atoms with Gasteiger partial charge in [-0.3, -0.25) is 4.79 Å². The molecule has 22 heavy (non-hydrogen) atoms. The summed E-state index contributed by atoms with van der Waals surface area (Å²) in [6, 6.07) is 10.7. The van der Waals surface area contributed by atoms with Crippen LogP contribution in [0.2, 0.25) is 0 Å². The van der Waals surface area contributed by atoms with Gasteiger partial charge in [-0.2, -0.15) is 0 Å². The highest BCUT2D eigenvalue weighted by Gasteiger charge is 2.32. The molecule has 2 aliphatic rings. The fourth-order valence-corrected chi connectivity index (χ4v) is 3.61. The summed E-state index contributed by atoms with van der Waals surface area (Å²) < 4.78 is 0. The van der Waals surface area contributed by atoms with Crippen molar-refractivity contribution in [2.75, 3.05) is 19.6 Å². The Morgan fingerprint density at radius 2 is 1.86 bits per heavy atom. The molecule has 3 nitrogen and oxygen atoms in total. The number of nitrogens with one attached hydrogen (secondary N) is 1. The number of carbonyl (C=O) groups is 1. The molecule has 1 aromatic rings. The Kier molecular flexibility index (Phi) is 5.14. The lowest BCUT2D eigenvalue weighted by molar-refractivity contribution is -0.139. The van der Waals surface area contributed by atoms with Crippen LogP contribution in [0.3, 0.4) is 0 Å². The third-order valence-electron chi connectivity index (χ3n) is 5.40. The Labute approximate surface area is 134 Å². The van der Waals surface area contributed by atoms with Crippen molar-refractivity contribution in [1.82, 2.24) is 10.2 Å². The number of rotatable bonds is 5. The lowest BCUT2D eigenvalue weighted by Crippen LogP contribution is -2.45.